The molecule has 94 valence electrons. The van der Waals surface area contributed by atoms with Gasteiger partial charge >= 0.3 is 0 Å². The summed E-state index contributed by atoms with van der Waals surface area (Å²) in [6, 6.07) is 4.49. The van der Waals surface area contributed by atoms with Crippen LogP contribution in [0.1, 0.15) is 48.4 Å². The zero-order valence-corrected chi connectivity index (χ0v) is 12.7. The molecule has 0 bridgehead atoms. The molecule has 1 aromatic rings. The molecule has 0 aliphatic rings. The summed E-state index contributed by atoms with van der Waals surface area (Å²) in [7, 11) is 0. The fraction of sp³-hybridized carbons (Fsp3) is 0.467. The highest BCUT2D eigenvalue weighted by molar-refractivity contribution is 6.56. The number of halogens is 2. The van der Waals surface area contributed by atoms with Crippen LogP contribution in [0.5, 0.6) is 0 Å². The van der Waals surface area contributed by atoms with E-state index in [9.17, 15) is 0 Å². The molecule has 2 heteroatoms. The summed E-state index contributed by atoms with van der Waals surface area (Å²) >= 11 is 11.6. The van der Waals surface area contributed by atoms with Gasteiger partial charge in [0.2, 0.25) is 0 Å². The quantitative estimate of drug-likeness (QED) is 0.650. The van der Waals surface area contributed by atoms with Crippen molar-refractivity contribution in [2.45, 2.75) is 47.0 Å². The predicted molar refractivity (Wildman–Crippen MR) is 78.1 cm³/mol. The Hall–Kier alpha value is -0.460. The smallest absolute Gasteiger partial charge is 0.0710 e. The van der Waals surface area contributed by atoms with Crippen molar-refractivity contribution in [2.75, 3.05) is 0 Å². The Balaban J connectivity index is 3.05. The van der Waals surface area contributed by atoms with E-state index in [0.717, 1.165) is 12.0 Å². The number of aryl methyl sites for hydroxylation is 2. The van der Waals surface area contributed by atoms with Gasteiger partial charge in [0.05, 0.1) is 0 Å². The molecular weight excluding hydrogens is 251 g/mol. The van der Waals surface area contributed by atoms with E-state index in [1.807, 2.05) is 6.92 Å². The number of benzene rings is 1. The largest absolute Gasteiger partial charge is 0.105 e. The topological polar surface area (TPSA) is 0 Å². The van der Waals surface area contributed by atoms with Crippen LogP contribution in [0.25, 0.3) is 0 Å². The Labute approximate surface area is 115 Å². The molecule has 0 radical (unpaired) electrons. The number of hydrogen-bond donors (Lipinski definition) is 0. The molecule has 0 aliphatic carbocycles. The Morgan fingerprint density at radius 3 is 2.29 bits per heavy atom. The summed E-state index contributed by atoms with van der Waals surface area (Å²) in [5.74, 6) is 0.445. The molecule has 1 rings (SSSR count). The second-order valence-electron chi connectivity index (χ2n) is 4.94. The van der Waals surface area contributed by atoms with Crippen LogP contribution in [0.2, 0.25) is 0 Å². The van der Waals surface area contributed by atoms with Gasteiger partial charge in [0.1, 0.15) is 4.49 Å². The summed E-state index contributed by atoms with van der Waals surface area (Å²) in [5.41, 5.74) is 6.50. The molecule has 0 saturated heterocycles. The first kappa shape index (κ1) is 14.6. The third-order valence-corrected chi connectivity index (χ3v) is 3.96. The molecule has 0 saturated carbocycles. The van der Waals surface area contributed by atoms with Crippen LogP contribution >= 0.6 is 23.2 Å². The highest BCUT2D eigenvalue weighted by Crippen LogP contribution is 2.30. The van der Waals surface area contributed by atoms with E-state index in [1.165, 1.54) is 22.3 Å². The fourth-order valence-corrected chi connectivity index (χ4v) is 2.39. The van der Waals surface area contributed by atoms with Gasteiger partial charge in [0.15, 0.2) is 0 Å². The van der Waals surface area contributed by atoms with Gasteiger partial charge in [-0.2, -0.15) is 0 Å². The normalized spacial score (nSPS) is 12.4. The summed E-state index contributed by atoms with van der Waals surface area (Å²) in [6.45, 7) is 10.7. The summed E-state index contributed by atoms with van der Waals surface area (Å²) < 4.78 is 0.402. The minimum atomic E-state index is 0.402. The van der Waals surface area contributed by atoms with Crippen LogP contribution in [-0.4, -0.2) is 0 Å². The first-order chi connectivity index (χ1) is 7.82. The molecule has 0 aliphatic heterocycles. The SMILES string of the molecule is CC(CC(C)c1cc(C)cc(C)c1C)=C(Cl)Cl. The van der Waals surface area contributed by atoms with Crippen LogP contribution in [0, 0.1) is 20.8 Å². The standard InChI is InChI=1S/C15H20Cl2/c1-9-6-10(2)13(5)14(7-9)11(3)8-12(4)15(16)17/h6-7,11H,8H2,1-5H3. The lowest BCUT2D eigenvalue weighted by atomic mass is 9.88. The molecule has 0 fully saturated rings. The number of rotatable bonds is 3. The van der Waals surface area contributed by atoms with Gasteiger partial charge in [-0.05, 0) is 62.3 Å². The third-order valence-electron chi connectivity index (χ3n) is 3.32. The molecule has 1 atom stereocenters. The molecule has 0 heterocycles. The van der Waals surface area contributed by atoms with Crippen molar-refractivity contribution < 1.29 is 0 Å². The molecule has 0 spiro atoms. The van der Waals surface area contributed by atoms with E-state index in [2.05, 4.69) is 39.8 Å². The zero-order valence-electron chi connectivity index (χ0n) is 11.2. The lowest BCUT2D eigenvalue weighted by molar-refractivity contribution is 0.743. The molecule has 0 N–H and O–H groups in total. The Kier molecular flexibility index (Phi) is 5.09. The highest BCUT2D eigenvalue weighted by atomic mass is 35.5. The molecule has 0 amide bonds. The lowest BCUT2D eigenvalue weighted by Crippen LogP contribution is -2.00. The van der Waals surface area contributed by atoms with Gasteiger partial charge in [-0.1, -0.05) is 47.8 Å². The molecule has 0 nitrogen and oxygen atoms in total. The molecule has 1 aromatic carbocycles. The average molecular weight is 271 g/mol. The number of allylic oxidation sites excluding steroid dienone is 1. The maximum atomic E-state index is 5.81. The van der Waals surface area contributed by atoms with E-state index >= 15 is 0 Å². The van der Waals surface area contributed by atoms with Crippen LogP contribution in [0.4, 0.5) is 0 Å². The van der Waals surface area contributed by atoms with E-state index in [0.29, 0.717) is 10.4 Å². The van der Waals surface area contributed by atoms with Crippen LogP contribution in [0.3, 0.4) is 0 Å². The van der Waals surface area contributed by atoms with Crippen LogP contribution < -0.4 is 0 Å². The maximum absolute atomic E-state index is 5.81. The lowest BCUT2D eigenvalue weighted by Gasteiger charge is -2.18. The summed E-state index contributed by atoms with van der Waals surface area (Å²) in [6.07, 6.45) is 0.909. The Bertz CT molecular complexity index is 440. The van der Waals surface area contributed by atoms with Gasteiger partial charge in [0, 0.05) is 0 Å². The average Bonchev–Trinajstić information content (AvgIpc) is 2.22. The Morgan fingerprint density at radius 2 is 1.76 bits per heavy atom. The fourth-order valence-electron chi connectivity index (χ4n) is 2.23. The summed E-state index contributed by atoms with van der Waals surface area (Å²) in [5, 5.41) is 0. The van der Waals surface area contributed by atoms with Gasteiger partial charge in [-0.15, -0.1) is 0 Å². The molecule has 0 aromatic heterocycles. The van der Waals surface area contributed by atoms with Gasteiger partial charge in [0.25, 0.3) is 0 Å². The summed E-state index contributed by atoms with van der Waals surface area (Å²) in [4.78, 5) is 0. The van der Waals surface area contributed by atoms with Gasteiger partial charge in [-0.25, -0.2) is 0 Å². The second kappa shape index (κ2) is 5.93. The van der Waals surface area contributed by atoms with Crippen molar-refractivity contribution in [3.63, 3.8) is 0 Å². The highest BCUT2D eigenvalue weighted by Gasteiger charge is 2.12. The van der Waals surface area contributed by atoms with Gasteiger partial charge < -0.3 is 0 Å². The predicted octanol–water partition coefficient (Wildman–Crippen LogP) is 5.81. The van der Waals surface area contributed by atoms with E-state index in [-0.39, 0.29) is 0 Å². The van der Waals surface area contributed by atoms with Crippen LogP contribution in [0.15, 0.2) is 22.2 Å². The van der Waals surface area contributed by atoms with Crippen molar-refractivity contribution in [3.05, 3.63) is 44.5 Å². The first-order valence-corrected chi connectivity index (χ1v) is 6.67. The minimum Gasteiger partial charge on any atom is -0.0710 e. The first-order valence-electron chi connectivity index (χ1n) is 5.91. The zero-order chi connectivity index (χ0) is 13.2. The van der Waals surface area contributed by atoms with Crippen molar-refractivity contribution >= 4 is 23.2 Å². The van der Waals surface area contributed by atoms with E-state index in [1.54, 1.807) is 0 Å². The monoisotopic (exact) mass is 270 g/mol. The molecular formula is C15H20Cl2. The van der Waals surface area contributed by atoms with Crippen molar-refractivity contribution in [2.24, 2.45) is 0 Å². The van der Waals surface area contributed by atoms with Crippen molar-refractivity contribution in [1.82, 2.24) is 0 Å². The Morgan fingerprint density at radius 1 is 1.18 bits per heavy atom. The molecule has 1 unspecified atom stereocenters. The number of hydrogen-bond acceptors (Lipinski definition) is 0. The van der Waals surface area contributed by atoms with E-state index < -0.39 is 0 Å². The molecule has 17 heavy (non-hydrogen) atoms. The van der Waals surface area contributed by atoms with Crippen LogP contribution in [-0.2, 0) is 0 Å². The second-order valence-corrected chi connectivity index (χ2v) is 5.89. The van der Waals surface area contributed by atoms with Gasteiger partial charge in [-0.3, -0.25) is 0 Å². The van der Waals surface area contributed by atoms with Crippen molar-refractivity contribution in [1.29, 1.82) is 0 Å². The maximum Gasteiger partial charge on any atom is 0.105 e. The van der Waals surface area contributed by atoms with Crippen molar-refractivity contribution in [3.8, 4) is 0 Å². The third kappa shape index (κ3) is 3.76. The minimum absolute atomic E-state index is 0.402. The van der Waals surface area contributed by atoms with E-state index in [4.69, 9.17) is 23.2 Å².